The zero-order valence-corrected chi connectivity index (χ0v) is 11.6. The minimum absolute atomic E-state index is 0.482. The van der Waals surface area contributed by atoms with Gasteiger partial charge in [-0.15, -0.1) is 11.3 Å². The highest BCUT2D eigenvalue weighted by molar-refractivity contribution is 7.13. The van der Waals surface area contributed by atoms with E-state index >= 15 is 0 Å². The number of halogens is 1. The summed E-state index contributed by atoms with van der Waals surface area (Å²) in [5.74, 6) is 1.32. The van der Waals surface area contributed by atoms with E-state index in [4.69, 9.17) is 16.3 Å². The number of ether oxygens (including phenoxy) is 1. The van der Waals surface area contributed by atoms with Crippen LogP contribution in [0.15, 0.2) is 23.6 Å². The molecule has 90 valence electrons. The molecule has 1 aromatic heterocycles. The van der Waals surface area contributed by atoms with Crippen LogP contribution in [0.3, 0.4) is 0 Å². The van der Waals surface area contributed by atoms with Crippen LogP contribution in [-0.2, 0) is 0 Å². The summed E-state index contributed by atoms with van der Waals surface area (Å²) in [7, 11) is 1.67. The summed E-state index contributed by atoms with van der Waals surface area (Å²) >= 11 is 7.40. The van der Waals surface area contributed by atoms with Gasteiger partial charge in [0.05, 0.1) is 12.7 Å². The Hall–Kier alpha value is -1.06. The number of rotatable bonds is 3. The standard InChI is InChI=1S/C13H14ClNOS/c1-8(2)9-4-5-11(16-3)10(6-9)13-15-12(14)7-17-13/h4-8H,1-3H3. The topological polar surface area (TPSA) is 22.1 Å². The van der Waals surface area contributed by atoms with Crippen molar-refractivity contribution >= 4 is 22.9 Å². The molecule has 0 radical (unpaired) electrons. The predicted molar refractivity (Wildman–Crippen MR) is 73.2 cm³/mol. The molecule has 0 fully saturated rings. The summed E-state index contributed by atoms with van der Waals surface area (Å²) in [6.07, 6.45) is 0. The maximum Gasteiger partial charge on any atom is 0.140 e. The van der Waals surface area contributed by atoms with Gasteiger partial charge in [0, 0.05) is 5.38 Å². The van der Waals surface area contributed by atoms with E-state index < -0.39 is 0 Å². The van der Waals surface area contributed by atoms with Crippen molar-refractivity contribution in [2.45, 2.75) is 19.8 Å². The fourth-order valence-electron chi connectivity index (χ4n) is 1.63. The van der Waals surface area contributed by atoms with Gasteiger partial charge < -0.3 is 4.74 Å². The molecule has 0 saturated heterocycles. The van der Waals surface area contributed by atoms with Crippen LogP contribution in [-0.4, -0.2) is 12.1 Å². The Morgan fingerprint density at radius 2 is 2.12 bits per heavy atom. The second-order valence-corrected chi connectivity index (χ2v) is 5.34. The van der Waals surface area contributed by atoms with E-state index in [1.165, 1.54) is 16.9 Å². The number of hydrogen-bond acceptors (Lipinski definition) is 3. The Morgan fingerprint density at radius 3 is 2.65 bits per heavy atom. The number of aromatic nitrogens is 1. The van der Waals surface area contributed by atoms with Crippen LogP contribution in [0.2, 0.25) is 5.15 Å². The molecule has 0 spiro atoms. The van der Waals surface area contributed by atoms with Gasteiger partial charge in [-0.2, -0.15) is 0 Å². The zero-order chi connectivity index (χ0) is 12.4. The molecule has 0 bridgehead atoms. The molecule has 2 rings (SSSR count). The van der Waals surface area contributed by atoms with E-state index in [0.717, 1.165) is 16.3 Å². The van der Waals surface area contributed by atoms with Gasteiger partial charge in [-0.25, -0.2) is 4.98 Å². The lowest BCUT2D eigenvalue weighted by atomic mass is 10.0. The predicted octanol–water partition coefficient (Wildman–Crippen LogP) is 4.60. The lowest BCUT2D eigenvalue weighted by Gasteiger charge is -2.10. The van der Waals surface area contributed by atoms with Gasteiger partial charge in [0.15, 0.2) is 0 Å². The third kappa shape index (κ3) is 2.61. The van der Waals surface area contributed by atoms with Gasteiger partial charge in [-0.1, -0.05) is 31.5 Å². The second kappa shape index (κ2) is 5.07. The van der Waals surface area contributed by atoms with Crippen LogP contribution < -0.4 is 4.74 Å². The first-order valence-electron chi connectivity index (χ1n) is 5.41. The molecule has 0 amide bonds. The summed E-state index contributed by atoms with van der Waals surface area (Å²) in [5.41, 5.74) is 2.28. The zero-order valence-electron chi connectivity index (χ0n) is 10.0. The van der Waals surface area contributed by atoms with Crippen LogP contribution in [0.25, 0.3) is 10.6 Å². The molecule has 2 aromatic rings. The number of methoxy groups -OCH3 is 1. The molecular formula is C13H14ClNOS. The Morgan fingerprint density at radius 1 is 1.35 bits per heavy atom. The highest BCUT2D eigenvalue weighted by Gasteiger charge is 2.12. The molecule has 0 aliphatic rings. The van der Waals surface area contributed by atoms with Gasteiger partial charge in [0.1, 0.15) is 15.9 Å². The molecule has 0 unspecified atom stereocenters. The third-order valence-corrected chi connectivity index (χ3v) is 3.80. The number of hydrogen-bond donors (Lipinski definition) is 0. The van der Waals surface area contributed by atoms with Crippen molar-refractivity contribution in [1.82, 2.24) is 4.98 Å². The molecule has 1 heterocycles. The third-order valence-electron chi connectivity index (χ3n) is 2.60. The van der Waals surface area contributed by atoms with E-state index in [9.17, 15) is 0 Å². The highest BCUT2D eigenvalue weighted by Crippen LogP contribution is 2.35. The first-order chi connectivity index (χ1) is 8.11. The van der Waals surface area contributed by atoms with Gasteiger partial charge in [-0.05, 0) is 23.6 Å². The summed E-state index contributed by atoms with van der Waals surface area (Å²) in [6, 6.07) is 6.20. The quantitative estimate of drug-likeness (QED) is 0.811. The van der Waals surface area contributed by atoms with E-state index in [1.54, 1.807) is 7.11 Å². The lowest BCUT2D eigenvalue weighted by molar-refractivity contribution is 0.416. The molecule has 4 heteroatoms. The molecule has 0 aliphatic heterocycles. The van der Waals surface area contributed by atoms with Gasteiger partial charge >= 0.3 is 0 Å². The SMILES string of the molecule is COc1ccc(C(C)C)cc1-c1nc(Cl)cs1. The Labute approximate surface area is 110 Å². The molecule has 0 atom stereocenters. The first kappa shape index (κ1) is 12.4. The average molecular weight is 268 g/mol. The summed E-state index contributed by atoms with van der Waals surface area (Å²) in [4.78, 5) is 4.29. The van der Waals surface area contributed by atoms with Crippen molar-refractivity contribution in [3.05, 3.63) is 34.3 Å². The van der Waals surface area contributed by atoms with Crippen LogP contribution in [0.4, 0.5) is 0 Å². The van der Waals surface area contributed by atoms with Crippen molar-refractivity contribution in [1.29, 1.82) is 0 Å². The number of nitrogens with zero attached hydrogens (tertiary/aromatic N) is 1. The molecule has 17 heavy (non-hydrogen) atoms. The van der Waals surface area contributed by atoms with Crippen molar-refractivity contribution in [2.75, 3.05) is 7.11 Å². The average Bonchev–Trinajstić information content (AvgIpc) is 2.74. The number of benzene rings is 1. The van der Waals surface area contributed by atoms with Crippen molar-refractivity contribution in [3.8, 4) is 16.3 Å². The molecule has 2 nitrogen and oxygen atoms in total. The van der Waals surface area contributed by atoms with Gasteiger partial charge in [-0.3, -0.25) is 0 Å². The summed E-state index contributed by atoms with van der Waals surface area (Å²) in [5, 5.41) is 3.26. The van der Waals surface area contributed by atoms with Crippen molar-refractivity contribution in [2.24, 2.45) is 0 Å². The van der Waals surface area contributed by atoms with E-state index in [1.807, 2.05) is 11.4 Å². The maximum atomic E-state index is 5.87. The Bertz CT molecular complexity index is 522. The largest absolute Gasteiger partial charge is 0.496 e. The van der Waals surface area contributed by atoms with Crippen molar-refractivity contribution in [3.63, 3.8) is 0 Å². The molecule has 0 aliphatic carbocycles. The van der Waals surface area contributed by atoms with E-state index in [-0.39, 0.29) is 0 Å². The van der Waals surface area contributed by atoms with E-state index in [0.29, 0.717) is 11.1 Å². The van der Waals surface area contributed by atoms with Gasteiger partial charge in [0.25, 0.3) is 0 Å². The molecular weight excluding hydrogens is 254 g/mol. The smallest absolute Gasteiger partial charge is 0.140 e. The molecule has 0 saturated carbocycles. The second-order valence-electron chi connectivity index (χ2n) is 4.09. The molecule has 0 N–H and O–H groups in total. The van der Waals surface area contributed by atoms with Crippen LogP contribution in [0.1, 0.15) is 25.3 Å². The minimum Gasteiger partial charge on any atom is -0.496 e. The van der Waals surface area contributed by atoms with Crippen LogP contribution in [0, 0.1) is 0 Å². The maximum absolute atomic E-state index is 5.87. The van der Waals surface area contributed by atoms with Crippen LogP contribution in [0.5, 0.6) is 5.75 Å². The fourth-order valence-corrected chi connectivity index (χ4v) is 2.60. The monoisotopic (exact) mass is 267 g/mol. The summed E-state index contributed by atoms with van der Waals surface area (Å²) in [6.45, 7) is 4.33. The molecule has 1 aromatic carbocycles. The Kier molecular flexibility index (Phi) is 3.69. The normalized spacial score (nSPS) is 10.9. The van der Waals surface area contributed by atoms with Crippen molar-refractivity contribution < 1.29 is 4.74 Å². The summed E-state index contributed by atoms with van der Waals surface area (Å²) < 4.78 is 5.37. The van der Waals surface area contributed by atoms with Crippen LogP contribution >= 0.6 is 22.9 Å². The van der Waals surface area contributed by atoms with E-state index in [2.05, 4.69) is 31.0 Å². The first-order valence-corrected chi connectivity index (χ1v) is 6.67. The van der Waals surface area contributed by atoms with Gasteiger partial charge in [0.2, 0.25) is 0 Å². The fraction of sp³-hybridized carbons (Fsp3) is 0.308. The lowest BCUT2D eigenvalue weighted by Crippen LogP contribution is -1.92. The number of thiazole rings is 1. The Balaban J connectivity index is 2.53. The minimum atomic E-state index is 0.482. The highest BCUT2D eigenvalue weighted by atomic mass is 35.5.